The van der Waals surface area contributed by atoms with Gasteiger partial charge < -0.3 is 4.90 Å². The highest BCUT2D eigenvalue weighted by Gasteiger charge is 2.28. The maximum atomic E-state index is 13.0. The third-order valence-corrected chi connectivity index (χ3v) is 6.19. The molecule has 0 spiro atoms. The molecule has 3 heteroatoms. The summed E-state index contributed by atoms with van der Waals surface area (Å²) in [5.41, 5.74) is 5.76. The van der Waals surface area contributed by atoms with E-state index in [0.717, 1.165) is 43.6 Å². The Bertz CT molecular complexity index is 964. The lowest BCUT2D eigenvalue weighted by atomic mass is 10.0. The molecule has 0 unspecified atom stereocenters. The van der Waals surface area contributed by atoms with Gasteiger partial charge in [-0.1, -0.05) is 73.7 Å². The van der Waals surface area contributed by atoms with Crippen molar-refractivity contribution in [3.05, 3.63) is 95.6 Å². The maximum absolute atomic E-state index is 13.0. The smallest absolute Gasteiger partial charge is 0.253 e. The molecule has 1 fully saturated rings. The third-order valence-electron chi connectivity index (χ3n) is 6.19. The van der Waals surface area contributed by atoms with Gasteiger partial charge in [0.2, 0.25) is 0 Å². The third kappa shape index (κ3) is 4.63. The zero-order valence-electron chi connectivity index (χ0n) is 17.9. The lowest BCUT2D eigenvalue weighted by molar-refractivity contribution is 0.0735. The molecule has 0 bridgehead atoms. The van der Waals surface area contributed by atoms with Gasteiger partial charge in [0.15, 0.2) is 0 Å². The average Bonchev–Trinajstić information content (AvgIpc) is 3.27. The molecule has 1 aliphatic heterocycles. The van der Waals surface area contributed by atoms with Crippen LogP contribution in [0.3, 0.4) is 0 Å². The van der Waals surface area contributed by atoms with Gasteiger partial charge in [0, 0.05) is 38.3 Å². The van der Waals surface area contributed by atoms with Crippen LogP contribution < -0.4 is 0 Å². The maximum Gasteiger partial charge on any atom is 0.253 e. The van der Waals surface area contributed by atoms with Crippen LogP contribution in [0, 0.1) is 0 Å². The van der Waals surface area contributed by atoms with Crippen molar-refractivity contribution < 1.29 is 4.79 Å². The van der Waals surface area contributed by atoms with Gasteiger partial charge in [-0.2, -0.15) is 0 Å². The van der Waals surface area contributed by atoms with E-state index in [1.165, 1.54) is 16.7 Å². The number of benzene rings is 3. The molecule has 1 saturated heterocycles. The molecule has 30 heavy (non-hydrogen) atoms. The number of likely N-dealkylation sites (tertiary alicyclic amines) is 1. The average molecular weight is 399 g/mol. The van der Waals surface area contributed by atoms with Crippen molar-refractivity contribution in [1.82, 2.24) is 9.80 Å². The van der Waals surface area contributed by atoms with Crippen LogP contribution in [0.2, 0.25) is 0 Å². The highest BCUT2D eigenvalue weighted by atomic mass is 16.2. The predicted molar refractivity (Wildman–Crippen MR) is 123 cm³/mol. The number of hydrogen-bond donors (Lipinski definition) is 0. The summed E-state index contributed by atoms with van der Waals surface area (Å²) in [6.07, 6.45) is 2.07. The number of amides is 1. The summed E-state index contributed by atoms with van der Waals surface area (Å²) in [4.78, 5) is 17.4. The SMILES string of the molecule is CCc1ccc(-c2ccc(C(=O)N(C)[C@H]3CCN(Cc4ccccc4)C3)cc2)cc1. The Balaban J connectivity index is 1.37. The molecule has 0 N–H and O–H groups in total. The Labute approximate surface area is 180 Å². The molecule has 3 nitrogen and oxygen atoms in total. The molecule has 154 valence electrons. The Morgan fingerprint density at radius 1 is 0.900 bits per heavy atom. The first-order valence-electron chi connectivity index (χ1n) is 10.9. The van der Waals surface area contributed by atoms with Crippen LogP contribution in [0.4, 0.5) is 0 Å². The van der Waals surface area contributed by atoms with Gasteiger partial charge in [0.25, 0.3) is 5.91 Å². The van der Waals surface area contributed by atoms with Crippen LogP contribution in [-0.4, -0.2) is 41.9 Å². The van der Waals surface area contributed by atoms with Crippen molar-refractivity contribution in [3.63, 3.8) is 0 Å². The Morgan fingerprint density at radius 2 is 1.53 bits per heavy atom. The Kier molecular flexibility index (Phi) is 6.29. The molecule has 1 aliphatic rings. The second-order valence-electron chi connectivity index (χ2n) is 8.21. The van der Waals surface area contributed by atoms with Gasteiger partial charge in [0.1, 0.15) is 0 Å². The van der Waals surface area contributed by atoms with Crippen molar-refractivity contribution in [1.29, 1.82) is 0 Å². The minimum Gasteiger partial charge on any atom is -0.337 e. The zero-order chi connectivity index (χ0) is 20.9. The van der Waals surface area contributed by atoms with E-state index in [2.05, 4.69) is 72.5 Å². The van der Waals surface area contributed by atoms with E-state index in [9.17, 15) is 4.79 Å². The number of aryl methyl sites for hydroxylation is 1. The Hall–Kier alpha value is -2.91. The molecule has 0 radical (unpaired) electrons. The molecular weight excluding hydrogens is 368 g/mol. The monoisotopic (exact) mass is 398 g/mol. The predicted octanol–water partition coefficient (Wildman–Crippen LogP) is 5.26. The van der Waals surface area contributed by atoms with Gasteiger partial charge in [-0.05, 0) is 47.2 Å². The number of rotatable bonds is 6. The Morgan fingerprint density at radius 3 is 2.17 bits per heavy atom. The van der Waals surface area contributed by atoms with Gasteiger partial charge in [-0.3, -0.25) is 9.69 Å². The lowest BCUT2D eigenvalue weighted by Gasteiger charge is -2.25. The fourth-order valence-electron chi connectivity index (χ4n) is 4.22. The topological polar surface area (TPSA) is 23.6 Å². The van der Waals surface area contributed by atoms with E-state index in [0.29, 0.717) is 0 Å². The van der Waals surface area contributed by atoms with Crippen molar-refractivity contribution in [2.75, 3.05) is 20.1 Å². The minimum absolute atomic E-state index is 0.106. The summed E-state index contributed by atoms with van der Waals surface area (Å²) in [5, 5.41) is 0. The first-order valence-corrected chi connectivity index (χ1v) is 10.9. The van der Waals surface area contributed by atoms with Crippen molar-refractivity contribution in [2.24, 2.45) is 0 Å². The number of hydrogen-bond acceptors (Lipinski definition) is 2. The van der Waals surface area contributed by atoms with Crippen LogP contribution in [-0.2, 0) is 13.0 Å². The highest BCUT2D eigenvalue weighted by molar-refractivity contribution is 5.94. The molecule has 3 aromatic rings. The molecule has 1 atom stereocenters. The summed E-state index contributed by atoms with van der Waals surface area (Å²) in [5.74, 6) is 0.106. The molecule has 3 aromatic carbocycles. The molecule has 0 aromatic heterocycles. The summed E-state index contributed by atoms with van der Waals surface area (Å²) in [6.45, 7) is 5.07. The first-order chi connectivity index (χ1) is 14.6. The lowest BCUT2D eigenvalue weighted by Crippen LogP contribution is -2.38. The quantitative estimate of drug-likeness (QED) is 0.565. The minimum atomic E-state index is 0.106. The first kappa shape index (κ1) is 20.4. The molecular formula is C27H30N2O. The largest absolute Gasteiger partial charge is 0.337 e. The van der Waals surface area contributed by atoms with Gasteiger partial charge in [-0.15, -0.1) is 0 Å². The van der Waals surface area contributed by atoms with E-state index in [1.54, 1.807) is 0 Å². The number of nitrogens with zero attached hydrogens (tertiary/aromatic N) is 2. The van der Waals surface area contributed by atoms with Crippen molar-refractivity contribution in [2.45, 2.75) is 32.4 Å². The summed E-state index contributed by atoms with van der Waals surface area (Å²) in [6, 6.07) is 27.5. The van der Waals surface area contributed by atoms with Crippen molar-refractivity contribution in [3.8, 4) is 11.1 Å². The molecule has 0 aliphatic carbocycles. The second-order valence-corrected chi connectivity index (χ2v) is 8.21. The van der Waals surface area contributed by atoms with E-state index < -0.39 is 0 Å². The second kappa shape index (κ2) is 9.27. The van der Waals surface area contributed by atoms with Gasteiger partial charge >= 0.3 is 0 Å². The van der Waals surface area contributed by atoms with Crippen LogP contribution >= 0.6 is 0 Å². The van der Waals surface area contributed by atoms with Crippen LogP contribution in [0.5, 0.6) is 0 Å². The van der Waals surface area contributed by atoms with Crippen LogP contribution in [0.25, 0.3) is 11.1 Å². The fourth-order valence-corrected chi connectivity index (χ4v) is 4.22. The highest BCUT2D eigenvalue weighted by Crippen LogP contribution is 2.23. The number of likely N-dealkylation sites (N-methyl/N-ethyl adjacent to an activating group) is 1. The summed E-state index contributed by atoms with van der Waals surface area (Å²) in [7, 11) is 1.94. The number of carbonyl (C=O) groups is 1. The molecule has 4 rings (SSSR count). The van der Waals surface area contributed by atoms with Gasteiger partial charge in [0.05, 0.1) is 0 Å². The molecule has 1 amide bonds. The van der Waals surface area contributed by atoms with E-state index in [1.807, 2.05) is 30.1 Å². The van der Waals surface area contributed by atoms with E-state index in [4.69, 9.17) is 0 Å². The fraction of sp³-hybridized carbons (Fsp3) is 0.296. The van der Waals surface area contributed by atoms with Crippen LogP contribution in [0.1, 0.15) is 34.8 Å². The van der Waals surface area contributed by atoms with Crippen molar-refractivity contribution >= 4 is 5.91 Å². The summed E-state index contributed by atoms with van der Waals surface area (Å²) < 4.78 is 0. The summed E-state index contributed by atoms with van der Waals surface area (Å²) >= 11 is 0. The normalized spacial score (nSPS) is 16.5. The van der Waals surface area contributed by atoms with E-state index in [-0.39, 0.29) is 11.9 Å². The zero-order valence-corrected chi connectivity index (χ0v) is 17.9. The standard InChI is InChI=1S/C27H30N2O/c1-3-21-9-11-23(12-10-21)24-13-15-25(16-14-24)27(30)28(2)26-17-18-29(20-26)19-22-7-5-4-6-8-22/h4-16,26H,3,17-20H2,1-2H3/t26-/m0/s1. The van der Waals surface area contributed by atoms with Crippen LogP contribution in [0.15, 0.2) is 78.9 Å². The van der Waals surface area contributed by atoms with Gasteiger partial charge in [-0.25, -0.2) is 0 Å². The molecule has 1 heterocycles. The van der Waals surface area contributed by atoms with E-state index >= 15 is 0 Å². The molecule has 0 saturated carbocycles. The number of carbonyl (C=O) groups excluding carboxylic acids is 1.